The van der Waals surface area contributed by atoms with Gasteiger partial charge in [0.15, 0.2) is 5.58 Å². The molecule has 3 heteroatoms. The van der Waals surface area contributed by atoms with Crippen LogP contribution >= 0.6 is 0 Å². The van der Waals surface area contributed by atoms with E-state index in [9.17, 15) is 0 Å². The molecule has 0 aliphatic rings. The summed E-state index contributed by atoms with van der Waals surface area (Å²) in [5.41, 5.74) is 13.1. The van der Waals surface area contributed by atoms with Gasteiger partial charge in [-0.3, -0.25) is 0 Å². The van der Waals surface area contributed by atoms with Gasteiger partial charge in [0, 0.05) is 38.6 Å². The maximum Gasteiger partial charge on any atom is 0.160 e. The molecule has 10 aromatic carbocycles. The van der Waals surface area contributed by atoms with Crippen LogP contribution in [0.15, 0.2) is 223 Å². The van der Waals surface area contributed by atoms with Crippen molar-refractivity contribution in [3.05, 3.63) is 218 Å². The maximum absolute atomic E-state index is 6.98. The molecule has 0 amide bonds. The zero-order valence-corrected chi connectivity index (χ0v) is 32.1. The van der Waals surface area contributed by atoms with E-state index in [4.69, 9.17) is 4.42 Å². The molecule has 0 fully saturated rings. The summed E-state index contributed by atoms with van der Waals surface area (Å²) in [5.74, 6) is 0. The van der Waals surface area contributed by atoms with Crippen LogP contribution in [0.2, 0.25) is 0 Å². The molecule has 276 valence electrons. The molecule has 0 bridgehead atoms. The Morgan fingerprint density at radius 1 is 0.356 bits per heavy atom. The monoisotopic (exact) mass is 752 g/mol. The van der Waals surface area contributed by atoms with Crippen LogP contribution in [0.1, 0.15) is 0 Å². The highest BCUT2D eigenvalue weighted by Gasteiger charge is 2.23. The quantitative estimate of drug-likeness (QED) is 0.169. The minimum absolute atomic E-state index is 0.867. The Labute approximate surface area is 341 Å². The Morgan fingerprint density at radius 2 is 0.898 bits per heavy atom. The Hall–Kier alpha value is -7.88. The first-order valence-corrected chi connectivity index (χ1v) is 20.2. The molecule has 0 spiro atoms. The fourth-order valence-corrected chi connectivity index (χ4v) is 9.21. The van der Waals surface area contributed by atoms with Gasteiger partial charge < -0.3 is 13.9 Å². The fraction of sp³-hybridized carbons (Fsp3) is 0. The van der Waals surface area contributed by atoms with Crippen molar-refractivity contribution in [3.8, 4) is 27.9 Å². The smallest absolute Gasteiger partial charge is 0.160 e. The Balaban J connectivity index is 1.05. The van der Waals surface area contributed by atoms with E-state index < -0.39 is 0 Å². The molecule has 0 unspecified atom stereocenters. The molecule has 12 aromatic rings. The number of hydrogen-bond donors (Lipinski definition) is 0. The molecule has 0 aliphatic heterocycles. The van der Waals surface area contributed by atoms with Crippen LogP contribution in [0, 0.1) is 0 Å². The predicted octanol–water partition coefficient (Wildman–Crippen LogP) is 15.8. The molecule has 2 aromatic heterocycles. The van der Waals surface area contributed by atoms with Crippen molar-refractivity contribution in [1.82, 2.24) is 4.57 Å². The molecule has 0 saturated heterocycles. The molecule has 2 heterocycles. The van der Waals surface area contributed by atoms with E-state index in [-0.39, 0.29) is 0 Å². The highest BCUT2D eigenvalue weighted by Crippen LogP contribution is 2.47. The van der Waals surface area contributed by atoms with E-state index in [0.717, 1.165) is 55.6 Å². The van der Waals surface area contributed by atoms with E-state index >= 15 is 0 Å². The number of anilines is 3. The van der Waals surface area contributed by atoms with Crippen LogP contribution in [-0.2, 0) is 0 Å². The molecule has 59 heavy (non-hydrogen) atoms. The van der Waals surface area contributed by atoms with Crippen LogP contribution in [0.5, 0.6) is 0 Å². The van der Waals surface area contributed by atoms with Gasteiger partial charge >= 0.3 is 0 Å². The number of para-hydroxylation sites is 2. The second-order valence-corrected chi connectivity index (χ2v) is 15.3. The van der Waals surface area contributed by atoms with Gasteiger partial charge in [0.05, 0.1) is 16.7 Å². The average Bonchev–Trinajstić information content (AvgIpc) is 3.87. The lowest BCUT2D eigenvalue weighted by Crippen LogP contribution is -2.10. The van der Waals surface area contributed by atoms with Gasteiger partial charge in [-0.15, -0.1) is 0 Å². The summed E-state index contributed by atoms with van der Waals surface area (Å²) >= 11 is 0. The molecule has 3 nitrogen and oxygen atoms in total. The molecule has 0 saturated carbocycles. The molecular weight excluding hydrogens is 717 g/mol. The van der Waals surface area contributed by atoms with Gasteiger partial charge in [0.2, 0.25) is 0 Å². The second-order valence-electron chi connectivity index (χ2n) is 15.3. The zero-order chi connectivity index (χ0) is 38.9. The largest absolute Gasteiger partial charge is 0.454 e. The minimum atomic E-state index is 0.867. The third-order valence-corrected chi connectivity index (χ3v) is 12.0. The third kappa shape index (κ3) is 5.36. The lowest BCUT2D eigenvalue weighted by molar-refractivity contribution is 0.669. The van der Waals surface area contributed by atoms with Gasteiger partial charge in [-0.1, -0.05) is 152 Å². The van der Waals surface area contributed by atoms with Crippen molar-refractivity contribution >= 4 is 82.4 Å². The minimum Gasteiger partial charge on any atom is -0.454 e. The first kappa shape index (κ1) is 33.3. The van der Waals surface area contributed by atoms with Crippen molar-refractivity contribution in [1.29, 1.82) is 0 Å². The van der Waals surface area contributed by atoms with E-state index in [1.54, 1.807) is 0 Å². The Kier molecular flexibility index (Phi) is 7.54. The van der Waals surface area contributed by atoms with Gasteiger partial charge in [0.25, 0.3) is 0 Å². The molecule has 12 rings (SSSR count). The molecule has 0 N–H and O–H groups in total. The van der Waals surface area contributed by atoms with E-state index in [1.165, 1.54) is 54.7 Å². The molecule has 0 atom stereocenters. The number of benzene rings is 10. The van der Waals surface area contributed by atoms with Crippen LogP contribution in [0.3, 0.4) is 0 Å². The summed E-state index contributed by atoms with van der Waals surface area (Å²) < 4.78 is 9.34. The fourth-order valence-electron chi connectivity index (χ4n) is 9.21. The molecular formula is C56H36N2O. The summed E-state index contributed by atoms with van der Waals surface area (Å²) in [4.78, 5) is 2.36. The summed E-state index contributed by atoms with van der Waals surface area (Å²) in [6.07, 6.45) is 0. The van der Waals surface area contributed by atoms with Crippen molar-refractivity contribution in [3.63, 3.8) is 0 Å². The average molecular weight is 753 g/mol. The predicted molar refractivity (Wildman–Crippen MR) is 249 cm³/mol. The summed E-state index contributed by atoms with van der Waals surface area (Å²) in [7, 11) is 0. The highest BCUT2D eigenvalue weighted by molar-refractivity contribution is 6.29. The van der Waals surface area contributed by atoms with Gasteiger partial charge in [0.1, 0.15) is 5.58 Å². The number of hydrogen-bond acceptors (Lipinski definition) is 2. The SMILES string of the molecule is c1ccc(-c2ccc(N(c3ccc(-c4ccc5c(c4)c4ccccc4n5-c4ccccc4)cc3)c3cc4ccccc4c4c3oc3ccc5ccccc5c34)cc2)cc1. The Morgan fingerprint density at radius 3 is 1.63 bits per heavy atom. The topological polar surface area (TPSA) is 21.3 Å². The first-order chi connectivity index (χ1) is 29.3. The summed E-state index contributed by atoms with van der Waals surface area (Å²) in [5, 5.41) is 9.50. The number of rotatable bonds is 6. The standard InChI is InChI=1S/C56H36N2O/c1-3-13-37(14-4-1)38-23-29-44(30-24-38)57(52-36-42-16-8-10-20-47(42)55-54-46-19-9-7-15-40(46)28-34-53(54)59-56(52)55)45-31-25-39(26-32-45)41-27-33-51-49(35-41)48-21-11-12-22-50(48)58(51)43-17-5-2-6-18-43/h1-36H. The summed E-state index contributed by atoms with van der Waals surface area (Å²) in [6.45, 7) is 0. The van der Waals surface area contributed by atoms with Crippen LogP contribution in [0.25, 0.3) is 93.2 Å². The molecule has 0 aliphatic carbocycles. The van der Waals surface area contributed by atoms with E-state index in [1.807, 2.05) is 0 Å². The maximum atomic E-state index is 6.98. The van der Waals surface area contributed by atoms with Crippen molar-refractivity contribution in [2.75, 3.05) is 4.90 Å². The first-order valence-electron chi connectivity index (χ1n) is 20.2. The van der Waals surface area contributed by atoms with Gasteiger partial charge in [-0.05, 0) is 111 Å². The third-order valence-electron chi connectivity index (χ3n) is 12.0. The van der Waals surface area contributed by atoms with Crippen molar-refractivity contribution in [2.45, 2.75) is 0 Å². The number of aromatic nitrogens is 1. The van der Waals surface area contributed by atoms with Crippen LogP contribution in [0.4, 0.5) is 17.1 Å². The highest BCUT2D eigenvalue weighted by atomic mass is 16.3. The van der Waals surface area contributed by atoms with Crippen LogP contribution in [-0.4, -0.2) is 4.57 Å². The van der Waals surface area contributed by atoms with Crippen LogP contribution < -0.4 is 4.90 Å². The van der Waals surface area contributed by atoms with Crippen molar-refractivity contribution in [2.24, 2.45) is 0 Å². The normalized spacial score (nSPS) is 11.7. The van der Waals surface area contributed by atoms with Crippen molar-refractivity contribution < 1.29 is 4.42 Å². The van der Waals surface area contributed by atoms with Gasteiger partial charge in [-0.25, -0.2) is 0 Å². The van der Waals surface area contributed by atoms with E-state index in [2.05, 4.69) is 228 Å². The number of fused-ring (bicyclic) bond motifs is 10. The number of furan rings is 1. The zero-order valence-electron chi connectivity index (χ0n) is 32.1. The summed E-state index contributed by atoms with van der Waals surface area (Å²) in [6, 6.07) is 78.5. The Bertz CT molecular complexity index is 3530. The second kappa shape index (κ2) is 13.4. The number of nitrogens with zero attached hydrogens (tertiary/aromatic N) is 2. The lowest BCUT2D eigenvalue weighted by Gasteiger charge is -2.26. The van der Waals surface area contributed by atoms with Gasteiger partial charge in [-0.2, -0.15) is 0 Å². The van der Waals surface area contributed by atoms with E-state index in [0.29, 0.717) is 0 Å². The lowest BCUT2D eigenvalue weighted by atomic mass is 9.98. The molecule has 0 radical (unpaired) electrons.